The molecule has 3 rings (SSSR count). The Kier molecular flexibility index (Phi) is 4.91. The van der Waals surface area contributed by atoms with E-state index in [9.17, 15) is 14.7 Å². The highest BCUT2D eigenvalue weighted by atomic mass is 16.3. The molecule has 5 heteroatoms. The fraction of sp³-hybridized carbons (Fsp3) is 0.263. The molecule has 1 aliphatic rings. The largest absolute Gasteiger partial charge is 0.378 e. The first-order valence-corrected chi connectivity index (χ1v) is 8.04. The van der Waals surface area contributed by atoms with Gasteiger partial charge in [0.25, 0.3) is 5.91 Å². The van der Waals surface area contributed by atoms with E-state index in [1.807, 2.05) is 23.1 Å². The van der Waals surface area contributed by atoms with E-state index >= 15 is 0 Å². The van der Waals surface area contributed by atoms with Gasteiger partial charge in [0.2, 0.25) is 5.91 Å². The highest BCUT2D eigenvalue weighted by Crippen LogP contribution is 2.18. The average molecular weight is 324 g/mol. The number of aliphatic hydroxyl groups is 1. The van der Waals surface area contributed by atoms with Crippen LogP contribution in [0.4, 0.5) is 5.69 Å². The Labute approximate surface area is 140 Å². The number of rotatable bonds is 5. The predicted octanol–water partition coefficient (Wildman–Crippen LogP) is 2.48. The minimum absolute atomic E-state index is 0.193. The molecule has 0 aromatic heterocycles. The topological polar surface area (TPSA) is 69.6 Å². The molecule has 0 saturated carbocycles. The summed E-state index contributed by atoms with van der Waals surface area (Å²) in [6.07, 6.45) is 0.351. The molecule has 1 unspecified atom stereocenters. The summed E-state index contributed by atoms with van der Waals surface area (Å²) < 4.78 is 0. The molecule has 24 heavy (non-hydrogen) atoms. The Balaban J connectivity index is 1.59. The second kappa shape index (κ2) is 7.27. The molecule has 124 valence electrons. The number of benzene rings is 2. The second-order valence-corrected chi connectivity index (χ2v) is 5.92. The van der Waals surface area contributed by atoms with E-state index in [1.165, 1.54) is 0 Å². The zero-order valence-electron chi connectivity index (χ0n) is 13.3. The molecule has 1 aliphatic heterocycles. The smallest absolute Gasteiger partial charge is 0.257 e. The molecule has 1 atom stereocenters. The molecule has 0 spiro atoms. The van der Waals surface area contributed by atoms with Crippen LogP contribution in [0.2, 0.25) is 0 Å². The third-order valence-electron chi connectivity index (χ3n) is 4.13. The minimum Gasteiger partial charge on any atom is -0.378 e. The van der Waals surface area contributed by atoms with Crippen LogP contribution in [0.15, 0.2) is 54.6 Å². The van der Waals surface area contributed by atoms with Crippen LogP contribution in [0, 0.1) is 0 Å². The van der Waals surface area contributed by atoms with E-state index in [1.54, 1.807) is 36.4 Å². The van der Waals surface area contributed by atoms with Crippen molar-refractivity contribution in [2.75, 3.05) is 11.9 Å². The first-order valence-electron chi connectivity index (χ1n) is 8.04. The van der Waals surface area contributed by atoms with Crippen LogP contribution in [0.25, 0.3) is 0 Å². The van der Waals surface area contributed by atoms with Gasteiger partial charge in [-0.3, -0.25) is 9.59 Å². The molecule has 1 heterocycles. The van der Waals surface area contributed by atoms with Gasteiger partial charge >= 0.3 is 0 Å². The van der Waals surface area contributed by atoms with Gasteiger partial charge in [-0.2, -0.15) is 0 Å². The average Bonchev–Trinajstić information content (AvgIpc) is 3.01. The molecule has 1 fully saturated rings. The van der Waals surface area contributed by atoms with Crippen molar-refractivity contribution in [1.29, 1.82) is 0 Å². The monoisotopic (exact) mass is 324 g/mol. The van der Waals surface area contributed by atoms with Gasteiger partial charge in [0.05, 0.1) is 0 Å². The lowest BCUT2D eigenvalue weighted by Crippen LogP contribution is -2.24. The molecule has 2 amide bonds. The molecular formula is C19H20N2O3. The molecule has 0 aliphatic carbocycles. The summed E-state index contributed by atoms with van der Waals surface area (Å²) >= 11 is 0. The van der Waals surface area contributed by atoms with Crippen molar-refractivity contribution in [3.8, 4) is 0 Å². The van der Waals surface area contributed by atoms with Crippen molar-refractivity contribution in [1.82, 2.24) is 4.90 Å². The van der Waals surface area contributed by atoms with Crippen molar-refractivity contribution in [3.63, 3.8) is 0 Å². The SMILES string of the molecule is O=C(Nc1ccc(CN2CCCC2=O)cc1)C(O)c1ccccc1. The van der Waals surface area contributed by atoms with Gasteiger partial charge in [0.1, 0.15) is 0 Å². The lowest BCUT2D eigenvalue weighted by atomic mass is 10.1. The number of nitrogens with one attached hydrogen (secondary N) is 1. The van der Waals surface area contributed by atoms with Crippen LogP contribution in [-0.2, 0) is 16.1 Å². The predicted molar refractivity (Wildman–Crippen MR) is 91.1 cm³/mol. The molecule has 2 aromatic rings. The first kappa shape index (κ1) is 16.2. The molecular weight excluding hydrogens is 304 g/mol. The van der Waals surface area contributed by atoms with Crippen molar-refractivity contribution < 1.29 is 14.7 Å². The van der Waals surface area contributed by atoms with Crippen LogP contribution in [0.3, 0.4) is 0 Å². The van der Waals surface area contributed by atoms with Gasteiger partial charge < -0.3 is 15.3 Å². The maximum Gasteiger partial charge on any atom is 0.257 e. The summed E-state index contributed by atoms with van der Waals surface area (Å²) in [5.74, 6) is -0.276. The lowest BCUT2D eigenvalue weighted by Gasteiger charge is -2.16. The minimum atomic E-state index is -1.20. The molecule has 2 N–H and O–H groups in total. The number of anilines is 1. The van der Waals surface area contributed by atoms with Gasteiger partial charge in [-0.1, -0.05) is 42.5 Å². The van der Waals surface area contributed by atoms with E-state index in [4.69, 9.17) is 0 Å². The van der Waals surface area contributed by atoms with Gasteiger partial charge in [-0.15, -0.1) is 0 Å². The van der Waals surface area contributed by atoms with Crippen molar-refractivity contribution >= 4 is 17.5 Å². The number of hydrogen-bond donors (Lipinski definition) is 2. The summed E-state index contributed by atoms with van der Waals surface area (Å²) in [4.78, 5) is 25.6. The summed E-state index contributed by atoms with van der Waals surface area (Å²) in [6, 6.07) is 16.1. The van der Waals surface area contributed by atoms with Gasteiger partial charge in [0.15, 0.2) is 6.10 Å². The van der Waals surface area contributed by atoms with E-state index in [0.29, 0.717) is 24.2 Å². The Hall–Kier alpha value is -2.66. The molecule has 5 nitrogen and oxygen atoms in total. The first-order chi connectivity index (χ1) is 11.6. The van der Waals surface area contributed by atoms with Gasteiger partial charge in [-0.25, -0.2) is 0 Å². The quantitative estimate of drug-likeness (QED) is 0.888. The normalized spacial score (nSPS) is 15.4. The number of likely N-dealkylation sites (tertiary alicyclic amines) is 1. The zero-order chi connectivity index (χ0) is 16.9. The van der Waals surface area contributed by atoms with Crippen molar-refractivity contribution in [2.45, 2.75) is 25.5 Å². The molecule has 2 aromatic carbocycles. The number of hydrogen-bond acceptors (Lipinski definition) is 3. The molecule has 0 radical (unpaired) electrons. The second-order valence-electron chi connectivity index (χ2n) is 5.92. The van der Waals surface area contributed by atoms with E-state index in [2.05, 4.69) is 5.32 Å². The summed E-state index contributed by atoms with van der Waals surface area (Å²) in [7, 11) is 0. The van der Waals surface area contributed by atoms with E-state index in [-0.39, 0.29) is 5.91 Å². The number of nitrogens with zero attached hydrogens (tertiary/aromatic N) is 1. The lowest BCUT2D eigenvalue weighted by molar-refractivity contribution is -0.128. The van der Waals surface area contributed by atoms with Crippen molar-refractivity contribution in [3.05, 3.63) is 65.7 Å². The Morgan fingerprint density at radius 1 is 1.12 bits per heavy atom. The number of carbonyl (C=O) groups is 2. The Morgan fingerprint density at radius 3 is 2.46 bits per heavy atom. The standard InChI is InChI=1S/C19H20N2O3/c22-17-7-4-12-21(17)13-14-8-10-16(11-9-14)20-19(24)18(23)15-5-2-1-3-6-15/h1-3,5-6,8-11,18,23H,4,7,12-13H2,(H,20,24). The summed E-state index contributed by atoms with van der Waals surface area (Å²) in [6.45, 7) is 1.40. The third kappa shape index (κ3) is 3.81. The number of aliphatic hydroxyl groups excluding tert-OH is 1. The maximum atomic E-state index is 12.1. The zero-order valence-corrected chi connectivity index (χ0v) is 13.3. The van der Waals surface area contributed by atoms with Crippen LogP contribution in [-0.4, -0.2) is 28.4 Å². The fourth-order valence-electron chi connectivity index (χ4n) is 2.78. The van der Waals surface area contributed by atoms with Crippen molar-refractivity contribution in [2.24, 2.45) is 0 Å². The molecule has 0 bridgehead atoms. The Bertz CT molecular complexity index is 713. The van der Waals surface area contributed by atoms with Crippen LogP contribution in [0.1, 0.15) is 30.1 Å². The fourth-order valence-corrected chi connectivity index (χ4v) is 2.78. The van der Waals surface area contributed by atoms with E-state index in [0.717, 1.165) is 18.5 Å². The number of amides is 2. The van der Waals surface area contributed by atoms with Gasteiger partial charge in [-0.05, 0) is 29.7 Å². The van der Waals surface area contributed by atoms with Gasteiger partial charge in [0, 0.05) is 25.2 Å². The third-order valence-corrected chi connectivity index (χ3v) is 4.13. The van der Waals surface area contributed by atoms with Crippen LogP contribution in [0.5, 0.6) is 0 Å². The molecule has 1 saturated heterocycles. The van der Waals surface area contributed by atoms with Crippen LogP contribution < -0.4 is 5.32 Å². The number of carbonyl (C=O) groups excluding carboxylic acids is 2. The Morgan fingerprint density at radius 2 is 1.83 bits per heavy atom. The van der Waals surface area contributed by atoms with E-state index < -0.39 is 12.0 Å². The summed E-state index contributed by atoms with van der Waals surface area (Å²) in [5, 5.41) is 12.8. The van der Waals surface area contributed by atoms with Crippen LogP contribution >= 0.6 is 0 Å². The maximum absolute atomic E-state index is 12.1. The highest BCUT2D eigenvalue weighted by molar-refractivity contribution is 5.94. The highest BCUT2D eigenvalue weighted by Gasteiger charge is 2.20. The summed E-state index contributed by atoms with van der Waals surface area (Å²) in [5.41, 5.74) is 2.19.